The molecule has 2 aromatic rings. The SMILES string of the molecule is COc1ccc(/C=C/c2occc2C(=O)OC(C)C)cc1OC. The maximum Gasteiger partial charge on any atom is 0.342 e. The molecule has 5 nitrogen and oxygen atoms in total. The van der Waals surface area contributed by atoms with E-state index in [0.717, 1.165) is 5.56 Å². The van der Waals surface area contributed by atoms with Crippen LogP contribution in [-0.4, -0.2) is 26.3 Å². The topological polar surface area (TPSA) is 57.9 Å². The zero-order valence-electron chi connectivity index (χ0n) is 13.7. The fraction of sp³-hybridized carbons (Fsp3) is 0.278. The number of hydrogen-bond donors (Lipinski definition) is 0. The summed E-state index contributed by atoms with van der Waals surface area (Å²) in [6.45, 7) is 3.61. The van der Waals surface area contributed by atoms with E-state index in [1.165, 1.54) is 6.26 Å². The Balaban J connectivity index is 2.21. The molecular formula is C18H20O5. The summed E-state index contributed by atoms with van der Waals surface area (Å²) < 4.78 is 21.0. The van der Waals surface area contributed by atoms with E-state index in [-0.39, 0.29) is 6.10 Å². The highest BCUT2D eigenvalue weighted by atomic mass is 16.5. The molecule has 0 aliphatic rings. The van der Waals surface area contributed by atoms with Gasteiger partial charge in [-0.2, -0.15) is 0 Å². The zero-order valence-corrected chi connectivity index (χ0v) is 13.7. The summed E-state index contributed by atoms with van der Waals surface area (Å²) in [4.78, 5) is 12.0. The van der Waals surface area contributed by atoms with Crippen LogP contribution in [0.1, 0.15) is 35.5 Å². The van der Waals surface area contributed by atoms with Crippen molar-refractivity contribution in [1.29, 1.82) is 0 Å². The lowest BCUT2D eigenvalue weighted by molar-refractivity contribution is 0.0377. The Hall–Kier alpha value is -2.69. The van der Waals surface area contributed by atoms with Gasteiger partial charge < -0.3 is 18.6 Å². The Kier molecular flexibility index (Phi) is 5.46. The first-order chi connectivity index (χ1) is 11.0. The fourth-order valence-electron chi connectivity index (χ4n) is 2.02. The second kappa shape index (κ2) is 7.54. The average Bonchev–Trinajstić information content (AvgIpc) is 3.00. The quantitative estimate of drug-likeness (QED) is 0.753. The van der Waals surface area contributed by atoms with Crippen LogP contribution in [0.15, 0.2) is 34.9 Å². The first kappa shape index (κ1) is 16.7. The van der Waals surface area contributed by atoms with Crippen molar-refractivity contribution in [1.82, 2.24) is 0 Å². The van der Waals surface area contributed by atoms with Crippen molar-refractivity contribution in [3.63, 3.8) is 0 Å². The van der Waals surface area contributed by atoms with Crippen molar-refractivity contribution in [2.45, 2.75) is 20.0 Å². The lowest BCUT2D eigenvalue weighted by Crippen LogP contribution is -2.11. The van der Waals surface area contributed by atoms with Gasteiger partial charge in [0.05, 0.1) is 26.6 Å². The molecule has 0 unspecified atom stereocenters. The molecule has 0 N–H and O–H groups in total. The van der Waals surface area contributed by atoms with Gasteiger partial charge in [0.15, 0.2) is 11.5 Å². The Bertz CT molecular complexity index is 697. The fourth-order valence-corrected chi connectivity index (χ4v) is 2.02. The normalized spacial score (nSPS) is 11.0. The van der Waals surface area contributed by atoms with Crippen LogP contribution in [0.4, 0.5) is 0 Å². The first-order valence-corrected chi connectivity index (χ1v) is 7.23. The van der Waals surface area contributed by atoms with Gasteiger partial charge in [-0.3, -0.25) is 0 Å². The van der Waals surface area contributed by atoms with Gasteiger partial charge in [0.25, 0.3) is 0 Å². The van der Waals surface area contributed by atoms with Gasteiger partial charge in [-0.1, -0.05) is 12.1 Å². The molecule has 0 saturated carbocycles. The molecule has 0 atom stereocenters. The van der Waals surface area contributed by atoms with Gasteiger partial charge >= 0.3 is 5.97 Å². The van der Waals surface area contributed by atoms with Crippen molar-refractivity contribution in [2.75, 3.05) is 14.2 Å². The number of carbonyl (C=O) groups excluding carboxylic acids is 1. The number of carbonyl (C=O) groups is 1. The van der Waals surface area contributed by atoms with Gasteiger partial charge in [0, 0.05) is 0 Å². The highest BCUT2D eigenvalue weighted by Crippen LogP contribution is 2.28. The molecule has 0 saturated heterocycles. The number of furan rings is 1. The molecule has 122 valence electrons. The van der Waals surface area contributed by atoms with E-state index < -0.39 is 5.97 Å². The Morgan fingerprint density at radius 1 is 1.09 bits per heavy atom. The molecular weight excluding hydrogens is 296 g/mol. The summed E-state index contributed by atoms with van der Waals surface area (Å²) in [6.07, 6.45) is 4.83. The molecule has 0 bridgehead atoms. The van der Waals surface area contributed by atoms with Gasteiger partial charge in [0.2, 0.25) is 0 Å². The van der Waals surface area contributed by atoms with Gasteiger partial charge in [0.1, 0.15) is 11.3 Å². The van der Waals surface area contributed by atoms with Crippen molar-refractivity contribution < 1.29 is 23.4 Å². The van der Waals surface area contributed by atoms with E-state index in [9.17, 15) is 4.79 Å². The summed E-state index contributed by atoms with van der Waals surface area (Å²) in [5.41, 5.74) is 1.29. The lowest BCUT2D eigenvalue weighted by Gasteiger charge is -2.08. The summed E-state index contributed by atoms with van der Waals surface area (Å²) in [7, 11) is 3.17. The third kappa shape index (κ3) is 4.16. The van der Waals surface area contributed by atoms with Crippen LogP contribution in [0.25, 0.3) is 12.2 Å². The summed E-state index contributed by atoms with van der Waals surface area (Å²) >= 11 is 0. The number of hydrogen-bond acceptors (Lipinski definition) is 5. The minimum absolute atomic E-state index is 0.180. The maximum absolute atomic E-state index is 12.0. The Labute approximate surface area is 135 Å². The minimum atomic E-state index is -0.402. The first-order valence-electron chi connectivity index (χ1n) is 7.23. The molecule has 1 aromatic carbocycles. The molecule has 1 aromatic heterocycles. The van der Waals surface area contributed by atoms with Crippen molar-refractivity contribution in [3.8, 4) is 11.5 Å². The molecule has 0 aliphatic heterocycles. The van der Waals surface area contributed by atoms with Crippen molar-refractivity contribution >= 4 is 18.1 Å². The summed E-state index contributed by atoms with van der Waals surface area (Å²) in [6, 6.07) is 7.13. The zero-order chi connectivity index (χ0) is 16.8. The molecule has 2 rings (SSSR count). The van der Waals surface area contributed by atoms with E-state index in [0.29, 0.717) is 22.8 Å². The smallest absolute Gasteiger partial charge is 0.342 e. The third-order valence-electron chi connectivity index (χ3n) is 3.09. The van der Waals surface area contributed by atoms with Gasteiger partial charge in [-0.05, 0) is 43.7 Å². The number of ether oxygens (including phenoxy) is 3. The molecule has 5 heteroatoms. The summed E-state index contributed by atoms with van der Waals surface area (Å²) in [5, 5.41) is 0. The predicted molar refractivity (Wildman–Crippen MR) is 87.7 cm³/mol. The van der Waals surface area contributed by atoms with Crippen LogP contribution in [0, 0.1) is 0 Å². The lowest BCUT2D eigenvalue weighted by atomic mass is 10.1. The van der Waals surface area contributed by atoms with Crippen LogP contribution >= 0.6 is 0 Å². The standard InChI is InChI=1S/C18H20O5/c1-12(2)23-18(19)14-9-10-22-15(14)7-5-13-6-8-16(20-3)17(11-13)21-4/h5-12H,1-4H3/b7-5+. The Morgan fingerprint density at radius 3 is 2.48 bits per heavy atom. The van der Waals surface area contributed by atoms with E-state index in [4.69, 9.17) is 18.6 Å². The monoisotopic (exact) mass is 316 g/mol. The van der Waals surface area contributed by atoms with E-state index in [2.05, 4.69) is 0 Å². The van der Waals surface area contributed by atoms with Crippen LogP contribution < -0.4 is 9.47 Å². The maximum atomic E-state index is 12.0. The molecule has 0 fully saturated rings. The molecule has 0 amide bonds. The third-order valence-corrected chi connectivity index (χ3v) is 3.09. The largest absolute Gasteiger partial charge is 0.493 e. The van der Waals surface area contributed by atoms with E-state index in [1.807, 2.05) is 24.3 Å². The molecule has 23 heavy (non-hydrogen) atoms. The van der Waals surface area contributed by atoms with E-state index in [1.54, 1.807) is 40.2 Å². The van der Waals surface area contributed by atoms with Crippen molar-refractivity contribution in [3.05, 3.63) is 47.4 Å². The molecule has 1 heterocycles. The Morgan fingerprint density at radius 2 is 1.83 bits per heavy atom. The van der Waals surface area contributed by atoms with E-state index >= 15 is 0 Å². The molecule has 0 radical (unpaired) electrons. The highest BCUT2D eigenvalue weighted by molar-refractivity contribution is 5.93. The van der Waals surface area contributed by atoms with Crippen LogP contribution in [0.2, 0.25) is 0 Å². The highest BCUT2D eigenvalue weighted by Gasteiger charge is 2.15. The second-order valence-corrected chi connectivity index (χ2v) is 5.10. The van der Waals surface area contributed by atoms with Crippen LogP contribution in [0.3, 0.4) is 0 Å². The van der Waals surface area contributed by atoms with Crippen LogP contribution in [0.5, 0.6) is 11.5 Å². The van der Waals surface area contributed by atoms with Crippen molar-refractivity contribution in [2.24, 2.45) is 0 Å². The predicted octanol–water partition coefficient (Wildman–Crippen LogP) is 4.03. The van der Waals surface area contributed by atoms with Gasteiger partial charge in [-0.25, -0.2) is 4.79 Å². The summed E-state index contributed by atoms with van der Waals surface area (Å²) in [5.74, 6) is 1.34. The number of rotatable bonds is 6. The number of benzene rings is 1. The molecule has 0 aliphatic carbocycles. The minimum Gasteiger partial charge on any atom is -0.493 e. The molecule has 0 spiro atoms. The number of methoxy groups -OCH3 is 2. The van der Waals surface area contributed by atoms with Gasteiger partial charge in [-0.15, -0.1) is 0 Å². The number of esters is 1. The van der Waals surface area contributed by atoms with Crippen LogP contribution in [-0.2, 0) is 4.74 Å². The second-order valence-electron chi connectivity index (χ2n) is 5.10. The average molecular weight is 316 g/mol.